The fourth-order valence-electron chi connectivity index (χ4n) is 1.31. The molecular weight excluding hydrogens is 258 g/mol. The van der Waals surface area contributed by atoms with Gasteiger partial charge in [0.15, 0.2) is 0 Å². The van der Waals surface area contributed by atoms with E-state index in [9.17, 15) is 4.79 Å². The summed E-state index contributed by atoms with van der Waals surface area (Å²) in [5.41, 5.74) is 6.02. The van der Waals surface area contributed by atoms with Crippen LogP contribution in [-0.4, -0.2) is 23.6 Å². The first kappa shape index (κ1) is 12.3. The van der Waals surface area contributed by atoms with Crippen molar-refractivity contribution in [2.45, 2.75) is 12.8 Å². The SMILES string of the molecule is Cn1cc(Br)cc1C(=O)NCCCCN. The Morgan fingerprint density at radius 3 is 2.87 bits per heavy atom. The van der Waals surface area contributed by atoms with Gasteiger partial charge in [-0.1, -0.05) is 0 Å². The maximum atomic E-state index is 11.7. The van der Waals surface area contributed by atoms with Gasteiger partial charge in [-0.15, -0.1) is 0 Å². The number of hydrogen-bond donors (Lipinski definition) is 2. The van der Waals surface area contributed by atoms with Crippen LogP contribution in [0.3, 0.4) is 0 Å². The fourth-order valence-corrected chi connectivity index (χ4v) is 1.84. The van der Waals surface area contributed by atoms with Crippen molar-refractivity contribution in [3.8, 4) is 0 Å². The minimum atomic E-state index is -0.0415. The number of unbranched alkanes of at least 4 members (excludes halogenated alkanes) is 1. The Hall–Kier alpha value is -0.810. The summed E-state index contributed by atoms with van der Waals surface area (Å²) in [6.45, 7) is 1.35. The topological polar surface area (TPSA) is 60.0 Å². The van der Waals surface area contributed by atoms with Crippen LogP contribution in [-0.2, 0) is 7.05 Å². The van der Waals surface area contributed by atoms with E-state index in [-0.39, 0.29) is 5.91 Å². The number of carbonyl (C=O) groups is 1. The molecular formula is C10H16BrN3O. The summed E-state index contributed by atoms with van der Waals surface area (Å²) < 4.78 is 2.71. The second-order valence-electron chi connectivity index (χ2n) is 3.41. The van der Waals surface area contributed by atoms with Gasteiger partial charge < -0.3 is 15.6 Å². The van der Waals surface area contributed by atoms with Gasteiger partial charge in [0.25, 0.3) is 5.91 Å². The summed E-state index contributed by atoms with van der Waals surface area (Å²) in [6, 6.07) is 1.80. The van der Waals surface area contributed by atoms with Crippen molar-refractivity contribution < 1.29 is 4.79 Å². The van der Waals surface area contributed by atoms with Gasteiger partial charge >= 0.3 is 0 Å². The van der Waals surface area contributed by atoms with Crippen LogP contribution >= 0.6 is 15.9 Å². The molecule has 1 aromatic rings. The van der Waals surface area contributed by atoms with Crippen LogP contribution in [0.1, 0.15) is 23.3 Å². The number of nitrogens with one attached hydrogen (secondary N) is 1. The van der Waals surface area contributed by atoms with E-state index in [1.54, 1.807) is 10.6 Å². The number of amides is 1. The highest BCUT2D eigenvalue weighted by Gasteiger charge is 2.09. The minimum absolute atomic E-state index is 0.0415. The molecule has 0 aliphatic heterocycles. The number of nitrogens with zero attached hydrogens (tertiary/aromatic N) is 1. The molecule has 0 spiro atoms. The van der Waals surface area contributed by atoms with Gasteiger partial charge in [0.2, 0.25) is 0 Å². The lowest BCUT2D eigenvalue weighted by molar-refractivity contribution is 0.0945. The average Bonchev–Trinajstić information content (AvgIpc) is 2.52. The first-order chi connectivity index (χ1) is 7.15. The van der Waals surface area contributed by atoms with Crippen molar-refractivity contribution in [3.63, 3.8) is 0 Å². The lowest BCUT2D eigenvalue weighted by atomic mass is 10.3. The highest BCUT2D eigenvalue weighted by molar-refractivity contribution is 9.10. The zero-order valence-electron chi connectivity index (χ0n) is 8.79. The fraction of sp³-hybridized carbons (Fsp3) is 0.500. The van der Waals surface area contributed by atoms with Crippen LogP contribution < -0.4 is 11.1 Å². The molecule has 3 N–H and O–H groups in total. The van der Waals surface area contributed by atoms with Gasteiger partial charge in [-0.3, -0.25) is 4.79 Å². The third kappa shape index (κ3) is 3.68. The number of aromatic nitrogens is 1. The largest absolute Gasteiger partial charge is 0.351 e. The number of rotatable bonds is 5. The van der Waals surface area contributed by atoms with E-state index in [1.165, 1.54) is 0 Å². The van der Waals surface area contributed by atoms with Crippen LogP contribution in [0.5, 0.6) is 0 Å². The van der Waals surface area contributed by atoms with Gasteiger partial charge in [0, 0.05) is 24.3 Å². The lowest BCUT2D eigenvalue weighted by Crippen LogP contribution is -2.26. The zero-order valence-corrected chi connectivity index (χ0v) is 10.4. The molecule has 1 amide bonds. The molecule has 0 fully saturated rings. The Bertz CT molecular complexity index is 335. The molecule has 0 saturated heterocycles. The number of nitrogens with two attached hydrogens (primary N) is 1. The molecule has 0 radical (unpaired) electrons. The average molecular weight is 274 g/mol. The molecule has 1 heterocycles. The third-order valence-electron chi connectivity index (χ3n) is 2.12. The summed E-state index contributed by atoms with van der Waals surface area (Å²) >= 11 is 3.33. The van der Waals surface area contributed by atoms with E-state index in [4.69, 9.17) is 5.73 Å². The molecule has 1 aromatic heterocycles. The van der Waals surface area contributed by atoms with Crippen LogP contribution in [0.4, 0.5) is 0 Å². The van der Waals surface area contributed by atoms with Crippen molar-refractivity contribution in [1.82, 2.24) is 9.88 Å². The predicted octanol–water partition coefficient (Wildman–Crippen LogP) is 1.26. The third-order valence-corrected chi connectivity index (χ3v) is 2.55. The van der Waals surface area contributed by atoms with Crippen LogP contribution in [0, 0.1) is 0 Å². The van der Waals surface area contributed by atoms with E-state index >= 15 is 0 Å². The van der Waals surface area contributed by atoms with Crippen molar-refractivity contribution in [1.29, 1.82) is 0 Å². The van der Waals surface area contributed by atoms with Crippen molar-refractivity contribution in [3.05, 3.63) is 22.4 Å². The summed E-state index contributed by atoms with van der Waals surface area (Å²) in [7, 11) is 1.85. The first-order valence-electron chi connectivity index (χ1n) is 4.95. The molecule has 15 heavy (non-hydrogen) atoms. The van der Waals surface area contributed by atoms with E-state index in [1.807, 2.05) is 13.2 Å². The summed E-state index contributed by atoms with van der Waals surface area (Å²) in [5, 5.41) is 2.85. The quantitative estimate of drug-likeness (QED) is 0.794. The predicted molar refractivity (Wildman–Crippen MR) is 63.7 cm³/mol. The molecule has 1 rings (SSSR count). The Morgan fingerprint density at radius 2 is 2.33 bits per heavy atom. The number of aryl methyl sites for hydroxylation is 1. The summed E-state index contributed by atoms with van der Waals surface area (Å²) in [6.07, 6.45) is 3.72. The van der Waals surface area contributed by atoms with Crippen LogP contribution in [0.25, 0.3) is 0 Å². The van der Waals surface area contributed by atoms with Gasteiger partial charge in [-0.2, -0.15) is 0 Å². The lowest BCUT2D eigenvalue weighted by Gasteiger charge is -2.05. The van der Waals surface area contributed by atoms with E-state index in [0.29, 0.717) is 18.8 Å². The molecule has 4 nitrogen and oxygen atoms in total. The molecule has 0 atom stereocenters. The highest BCUT2D eigenvalue weighted by Crippen LogP contribution is 2.13. The molecule has 5 heteroatoms. The monoisotopic (exact) mass is 273 g/mol. The Balaban J connectivity index is 2.43. The number of halogens is 1. The Morgan fingerprint density at radius 1 is 1.60 bits per heavy atom. The maximum Gasteiger partial charge on any atom is 0.267 e. The Kier molecular flexibility index (Phi) is 4.84. The molecule has 0 bridgehead atoms. The van der Waals surface area contributed by atoms with Crippen molar-refractivity contribution in [2.24, 2.45) is 12.8 Å². The maximum absolute atomic E-state index is 11.7. The van der Waals surface area contributed by atoms with E-state index < -0.39 is 0 Å². The normalized spacial score (nSPS) is 10.3. The summed E-state index contributed by atoms with van der Waals surface area (Å²) in [4.78, 5) is 11.7. The molecule has 84 valence electrons. The number of hydrogen-bond acceptors (Lipinski definition) is 2. The molecule has 0 unspecified atom stereocenters. The standard InChI is InChI=1S/C10H16BrN3O/c1-14-7-8(11)6-9(14)10(15)13-5-3-2-4-12/h6-7H,2-5,12H2,1H3,(H,13,15). The van der Waals surface area contributed by atoms with Crippen LogP contribution in [0.15, 0.2) is 16.7 Å². The van der Waals surface area contributed by atoms with E-state index in [0.717, 1.165) is 17.3 Å². The molecule has 0 aromatic carbocycles. The van der Waals surface area contributed by atoms with Gasteiger partial charge in [0.05, 0.1) is 0 Å². The Labute approximate surface area is 98.0 Å². The first-order valence-corrected chi connectivity index (χ1v) is 5.74. The molecule has 0 aliphatic carbocycles. The minimum Gasteiger partial charge on any atom is -0.351 e. The smallest absolute Gasteiger partial charge is 0.267 e. The van der Waals surface area contributed by atoms with Crippen molar-refractivity contribution in [2.75, 3.05) is 13.1 Å². The van der Waals surface area contributed by atoms with Crippen molar-refractivity contribution >= 4 is 21.8 Å². The summed E-state index contributed by atoms with van der Waals surface area (Å²) in [5.74, 6) is -0.0415. The zero-order chi connectivity index (χ0) is 11.3. The molecule has 0 aliphatic rings. The van der Waals surface area contributed by atoms with Gasteiger partial charge in [-0.05, 0) is 41.4 Å². The second-order valence-corrected chi connectivity index (χ2v) is 4.32. The highest BCUT2D eigenvalue weighted by atomic mass is 79.9. The van der Waals surface area contributed by atoms with Gasteiger partial charge in [0.1, 0.15) is 5.69 Å². The van der Waals surface area contributed by atoms with E-state index in [2.05, 4.69) is 21.2 Å². The molecule has 0 saturated carbocycles. The van der Waals surface area contributed by atoms with Gasteiger partial charge in [-0.25, -0.2) is 0 Å². The second kappa shape index (κ2) is 5.92. The number of carbonyl (C=O) groups excluding carboxylic acids is 1. The van der Waals surface area contributed by atoms with Crippen LogP contribution in [0.2, 0.25) is 0 Å².